The summed E-state index contributed by atoms with van der Waals surface area (Å²) in [6, 6.07) is 8.04. The van der Waals surface area contributed by atoms with Gasteiger partial charge in [-0.25, -0.2) is 17.6 Å². The Balaban J connectivity index is 2.30. The molecule has 1 unspecified atom stereocenters. The van der Waals surface area contributed by atoms with Gasteiger partial charge in [0.1, 0.15) is 11.9 Å². The number of nitrogens with one attached hydrogen (secondary N) is 1. The lowest BCUT2D eigenvalue weighted by atomic mass is 10.0. The maximum atomic E-state index is 13.5. The quantitative estimate of drug-likeness (QED) is 0.741. The van der Waals surface area contributed by atoms with Crippen molar-refractivity contribution in [2.45, 2.75) is 17.9 Å². The number of esters is 1. The standard InChI is InChI=1S/C17H16FNO6S/c1-10(17(22)25-2)19-26(23,24)13-6-3-11(4-7-13)12-5-8-15(18)14(9-12)16(20)21/h3-10,19H,1-2H3,(H,20,21). The van der Waals surface area contributed by atoms with E-state index < -0.39 is 39.4 Å². The summed E-state index contributed by atoms with van der Waals surface area (Å²) in [5, 5.41) is 8.97. The molecular formula is C17H16FNO6S. The number of carboxylic acids is 1. The van der Waals surface area contributed by atoms with Gasteiger partial charge in [0.15, 0.2) is 0 Å². The fourth-order valence-corrected chi connectivity index (χ4v) is 3.41. The highest BCUT2D eigenvalue weighted by molar-refractivity contribution is 7.89. The zero-order chi connectivity index (χ0) is 19.5. The van der Waals surface area contributed by atoms with E-state index in [1.807, 2.05) is 0 Å². The lowest BCUT2D eigenvalue weighted by molar-refractivity contribution is -0.142. The van der Waals surface area contributed by atoms with E-state index in [1.54, 1.807) is 0 Å². The maximum Gasteiger partial charge on any atom is 0.338 e. The molecule has 2 aromatic rings. The first-order valence-electron chi connectivity index (χ1n) is 7.39. The van der Waals surface area contributed by atoms with Crippen molar-refractivity contribution in [2.75, 3.05) is 7.11 Å². The van der Waals surface area contributed by atoms with Gasteiger partial charge in [-0.1, -0.05) is 18.2 Å². The molecule has 9 heteroatoms. The highest BCUT2D eigenvalue weighted by Gasteiger charge is 2.22. The summed E-state index contributed by atoms with van der Waals surface area (Å²) in [4.78, 5) is 22.3. The smallest absolute Gasteiger partial charge is 0.338 e. The van der Waals surface area contributed by atoms with Gasteiger partial charge in [-0.3, -0.25) is 4.79 Å². The largest absolute Gasteiger partial charge is 0.478 e. The number of sulfonamides is 1. The Bertz CT molecular complexity index is 940. The van der Waals surface area contributed by atoms with Gasteiger partial charge in [0.05, 0.1) is 17.6 Å². The van der Waals surface area contributed by atoms with E-state index in [4.69, 9.17) is 5.11 Å². The molecule has 0 aliphatic carbocycles. The van der Waals surface area contributed by atoms with Crippen LogP contribution < -0.4 is 4.72 Å². The van der Waals surface area contributed by atoms with Crippen molar-refractivity contribution in [2.24, 2.45) is 0 Å². The summed E-state index contributed by atoms with van der Waals surface area (Å²) in [5.74, 6) is -2.98. The molecule has 0 spiro atoms. The lowest BCUT2D eigenvalue weighted by Gasteiger charge is -2.12. The van der Waals surface area contributed by atoms with Gasteiger partial charge in [0.25, 0.3) is 0 Å². The number of carbonyl (C=O) groups is 2. The van der Waals surface area contributed by atoms with Crippen LogP contribution in [0.2, 0.25) is 0 Å². The van der Waals surface area contributed by atoms with E-state index in [1.165, 1.54) is 43.3 Å². The molecule has 0 bridgehead atoms. The van der Waals surface area contributed by atoms with Crippen LogP contribution in [-0.2, 0) is 19.6 Å². The topological polar surface area (TPSA) is 110 Å². The molecule has 0 saturated carbocycles. The van der Waals surface area contributed by atoms with E-state index in [0.29, 0.717) is 11.1 Å². The molecular weight excluding hydrogens is 365 g/mol. The van der Waals surface area contributed by atoms with Crippen LogP contribution in [0, 0.1) is 5.82 Å². The molecule has 0 heterocycles. The molecule has 138 valence electrons. The molecule has 0 fully saturated rings. The highest BCUT2D eigenvalue weighted by atomic mass is 32.2. The summed E-state index contributed by atoms with van der Waals surface area (Å²) in [5.41, 5.74) is 0.448. The maximum absolute atomic E-state index is 13.5. The number of rotatable bonds is 6. The van der Waals surface area contributed by atoms with Crippen LogP contribution in [0.25, 0.3) is 11.1 Å². The van der Waals surface area contributed by atoms with E-state index in [9.17, 15) is 22.4 Å². The van der Waals surface area contributed by atoms with Crippen LogP contribution in [0.1, 0.15) is 17.3 Å². The van der Waals surface area contributed by atoms with Crippen LogP contribution in [-0.4, -0.2) is 38.6 Å². The normalized spacial score (nSPS) is 12.4. The number of ether oxygens (including phenoxy) is 1. The Hall–Kier alpha value is -2.78. The fraction of sp³-hybridized carbons (Fsp3) is 0.176. The molecule has 0 amide bonds. The van der Waals surface area contributed by atoms with Crippen molar-refractivity contribution in [1.82, 2.24) is 4.72 Å². The third kappa shape index (κ3) is 4.24. The summed E-state index contributed by atoms with van der Waals surface area (Å²) in [6.45, 7) is 1.35. The highest BCUT2D eigenvalue weighted by Crippen LogP contribution is 2.24. The molecule has 1 atom stereocenters. The SMILES string of the molecule is COC(=O)C(C)NS(=O)(=O)c1ccc(-c2ccc(F)c(C(=O)O)c2)cc1. The molecule has 0 radical (unpaired) electrons. The fourth-order valence-electron chi connectivity index (χ4n) is 2.22. The van der Waals surface area contributed by atoms with Gasteiger partial charge in [-0.05, 0) is 42.3 Å². The number of methoxy groups -OCH3 is 1. The third-order valence-corrected chi connectivity index (χ3v) is 5.14. The van der Waals surface area contributed by atoms with Crippen LogP contribution in [0.3, 0.4) is 0 Å². The number of carbonyl (C=O) groups excluding carboxylic acids is 1. The number of aromatic carboxylic acids is 1. The summed E-state index contributed by atoms with van der Waals surface area (Å²) < 4.78 is 44.6. The molecule has 0 aliphatic rings. The minimum Gasteiger partial charge on any atom is -0.478 e. The molecule has 26 heavy (non-hydrogen) atoms. The lowest BCUT2D eigenvalue weighted by Crippen LogP contribution is -2.39. The van der Waals surface area contributed by atoms with Crippen LogP contribution in [0.15, 0.2) is 47.4 Å². The Morgan fingerprint density at radius 2 is 1.69 bits per heavy atom. The minimum absolute atomic E-state index is 0.0856. The molecule has 0 saturated heterocycles. The van der Waals surface area contributed by atoms with Crippen molar-refractivity contribution in [3.63, 3.8) is 0 Å². The zero-order valence-electron chi connectivity index (χ0n) is 13.9. The second-order valence-corrected chi connectivity index (χ2v) is 7.10. The Kier molecular flexibility index (Phi) is 5.73. The van der Waals surface area contributed by atoms with Crippen LogP contribution in [0.5, 0.6) is 0 Å². The first-order valence-corrected chi connectivity index (χ1v) is 8.87. The van der Waals surface area contributed by atoms with Crippen molar-refractivity contribution in [1.29, 1.82) is 0 Å². The van der Waals surface area contributed by atoms with Gasteiger partial charge < -0.3 is 9.84 Å². The number of benzene rings is 2. The van der Waals surface area contributed by atoms with E-state index in [2.05, 4.69) is 9.46 Å². The Morgan fingerprint density at radius 3 is 2.23 bits per heavy atom. The van der Waals surface area contributed by atoms with Gasteiger partial charge in [-0.15, -0.1) is 0 Å². The summed E-state index contributed by atoms with van der Waals surface area (Å²) in [7, 11) is -2.80. The average Bonchev–Trinajstić information content (AvgIpc) is 2.60. The molecule has 2 rings (SSSR count). The summed E-state index contributed by atoms with van der Waals surface area (Å²) in [6.07, 6.45) is 0. The molecule has 7 nitrogen and oxygen atoms in total. The van der Waals surface area contributed by atoms with Crippen molar-refractivity contribution in [3.8, 4) is 11.1 Å². The monoisotopic (exact) mass is 381 g/mol. The number of carboxylic acid groups (broad SMARTS) is 1. The first kappa shape index (κ1) is 19.5. The first-order chi connectivity index (χ1) is 12.2. The second-order valence-electron chi connectivity index (χ2n) is 5.39. The van der Waals surface area contributed by atoms with Gasteiger partial charge in [-0.2, -0.15) is 4.72 Å². The number of halogens is 1. The molecule has 2 aromatic carbocycles. The van der Waals surface area contributed by atoms with Gasteiger partial charge in [0, 0.05) is 0 Å². The molecule has 0 aliphatic heterocycles. The summed E-state index contributed by atoms with van der Waals surface area (Å²) >= 11 is 0. The third-order valence-electron chi connectivity index (χ3n) is 3.58. The van der Waals surface area contributed by atoms with Crippen LogP contribution >= 0.6 is 0 Å². The van der Waals surface area contributed by atoms with E-state index >= 15 is 0 Å². The van der Waals surface area contributed by atoms with E-state index in [-0.39, 0.29) is 4.90 Å². The predicted octanol–water partition coefficient (Wildman–Crippen LogP) is 2.03. The number of hydrogen-bond acceptors (Lipinski definition) is 5. The van der Waals surface area contributed by atoms with Crippen molar-refractivity contribution >= 4 is 22.0 Å². The number of hydrogen-bond donors (Lipinski definition) is 2. The van der Waals surface area contributed by atoms with Crippen molar-refractivity contribution in [3.05, 3.63) is 53.8 Å². The minimum atomic E-state index is -3.95. The van der Waals surface area contributed by atoms with Gasteiger partial charge in [0.2, 0.25) is 10.0 Å². The second kappa shape index (κ2) is 7.63. The molecule has 0 aromatic heterocycles. The van der Waals surface area contributed by atoms with Gasteiger partial charge >= 0.3 is 11.9 Å². The Labute approximate surface area is 149 Å². The van der Waals surface area contributed by atoms with E-state index in [0.717, 1.165) is 13.2 Å². The van der Waals surface area contributed by atoms with Crippen LogP contribution in [0.4, 0.5) is 4.39 Å². The van der Waals surface area contributed by atoms with Crippen molar-refractivity contribution < 1.29 is 32.2 Å². The average molecular weight is 381 g/mol. The molecule has 2 N–H and O–H groups in total. The Morgan fingerprint density at radius 1 is 1.12 bits per heavy atom. The predicted molar refractivity (Wildman–Crippen MR) is 90.6 cm³/mol. The zero-order valence-corrected chi connectivity index (χ0v) is 14.7.